The molecule has 0 aliphatic heterocycles. The van der Waals surface area contributed by atoms with Gasteiger partial charge in [-0.3, -0.25) is 4.79 Å². The van der Waals surface area contributed by atoms with Crippen LogP contribution in [0.1, 0.15) is 25.3 Å². The van der Waals surface area contributed by atoms with Crippen molar-refractivity contribution in [2.75, 3.05) is 13.2 Å². The van der Waals surface area contributed by atoms with E-state index in [9.17, 15) is 4.79 Å². The minimum Gasteiger partial charge on any atom is -0.493 e. The largest absolute Gasteiger partial charge is 0.493 e. The third kappa shape index (κ3) is 5.19. The molecule has 1 amide bonds. The van der Waals surface area contributed by atoms with E-state index in [1.165, 1.54) is 0 Å². The Hall–Kier alpha value is -1.55. The summed E-state index contributed by atoms with van der Waals surface area (Å²) < 4.78 is 5.59. The van der Waals surface area contributed by atoms with Gasteiger partial charge >= 0.3 is 0 Å². The standard InChI is InChI=1S/C14H21NO3/c1-11-6-3-4-7-13(11)18-9-5-8-14(17)15-12(2)10-16/h3-4,6-7,12,16H,5,8-10H2,1-2H3,(H,15,17)/t12-/m0/s1. The molecule has 0 fully saturated rings. The zero-order valence-corrected chi connectivity index (χ0v) is 11.0. The maximum absolute atomic E-state index is 11.4. The minimum atomic E-state index is -0.185. The molecule has 0 radical (unpaired) electrons. The lowest BCUT2D eigenvalue weighted by Gasteiger charge is -2.11. The number of aryl methyl sites for hydroxylation is 1. The van der Waals surface area contributed by atoms with E-state index in [0.717, 1.165) is 11.3 Å². The maximum atomic E-state index is 11.4. The average molecular weight is 251 g/mol. The Morgan fingerprint density at radius 2 is 2.17 bits per heavy atom. The Bertz CT molecular complexity index is 379. The van der Waals surface area contributed by atoms with Gasteiger partial charge in [0.1, 0.15) is 5.75 Å². The van der Waals surface area contributed by atoms with Crippen LogP contribution in [0.15, 0.2) is 24.3 Å². The van der Waals surface area contributed by atoms with E-state index < -0.39 is 0 Å². The number of hydrogen-bond acceptors (Lipinski definition) is 3. The van der Waals surface area contributed by atoms with Crippen molar-refractivity contribution in [1.29, 1.82) is 0 Å². The first kappa shape index (κ1) is 14.5. The highest BCUT2D eigenvalue weighted by atomic mass is 16.5. The highest BCUT2D eigenvalue weighted by Gasteiger charge is 2.05. The predicted octanol–water partition coefficient (Wildman–Crippen LogP) is 1.65. The SMILES string of the molecule is Cc1ccccc1OCCCC(=O)N[C@@H](C)CO. The van der Waals surface area contributed by atoms with Gasteiger partial charge in [0.05, 0.1) is 13.2 Å². The first-order valence-corrected chi connectivity index (χ1v) is 6.22. The first-order chi connectivity index (χ1) is 8.63. The predicted molar refractivity (Wildman–Crippen MR) is 70.6 cm³/mol. The molecule has 1 aromatic rings. The molecule has 18 heavy (non-hydrogen) atoms. The number of hydrogen-bond donors (Lipinski definition) is 2. The quantitative estimate of drug-likeness (QED) is 0.724. The average Bonchev–Trinajstić information content (AvgIpc) is 2.36. The van der Waals surface area contributed by atoms with Crippen LogP contribution in [0, 0.1) is 6.92 Å². The second-order valence-electron chi connectivity index (χ2n) is 4.37. The zero-order valence-electron chi connectivity index (χ0n) is 11.0. The van der Waals surface area contributed by atoms with Crippen LogP contribution in [0.2, 0.25) is 0 Å². The van der Waals surface area contributed by atoms with Gasteiger partial charge in [0, 0.05) is 12.5 Å². The summed E-state index contributed by atoms with van der Waals surface area (Å²) in [7, 11) is 0. The number of ether oxygens (including phenoxy) is 1. The number of nitrogens with one attached hydrogen (secondary N) is 1. The summed E-state index contributed by atoms with van der Waals surface area (Å²) in [5, 5.41) is 11.5. The number of para-hydroxylation sites is 1. The molecule has 0 saturated carbocycles. The molecular formula is C14H21NO3. The topological polar surface area (TPSA) is 58.6 Å². The summed E-state index contributed by atoms with van der Waals surface area (Å²) in [4.78, 5) is 11.4. The van der Waals surface area contributed by atoms with Gasteiger partial charge in [-0.05, 0) is 31.9 Å². The van der Waals surface area contributed by atoms with Crippen molar-refractivity contribution in [1.82, 2.24) is 5.32 Å². The van der Waals surface area contributed by atoms with E-state index in [4.69, 9.17) is 9.84 Å². The Balaban J connectivity index is 2.19. The molecule has 0 saturated heterocycles. The molecule has 1 aromatic carbocycles. The molecule has 0 aliphatic rings. The Morgan fingerprint density at radius 3 is 2.83 bits per heavy atom. The van der Waals surface area contributed by atoms with Crippen LogP contribution in [0.5, 0.6) is 5.75 Å². The van der Waals surface area contributed by atoms with Gasteiger partial charge in [-0.1, -0.05) is 18.2 Å². The van der Waals surface area contributed by atoms with Gasteiger partial charge in [-0.25, -0.2) is 0 Å². The summed E-state index contributed by atoms with van der Waals surface area (Å²) in [6.45, 7) is 4.24. The highest BCUT2D eigenvalue weighted by Crippen LogP contribution is 2.16. The molecule has 2 N–H and O–H groups in total. The molecule has 0 unspecified atom stereocenters. The molecule has 1 rings (SSSR count). The number of benzene rings is 1. The molecule has 0 heterocycles. The number of carbonyl (C=O) groups is 1. The van der Waals surface area contributed by atoms with E-state index in [1.807, 2.05) is 31.2 Å². The zero-order chi connectivity index (χ0) is 13.4. The van der Waals surface area contributed by atoms with Gasteiger partial charge in [0.2, 0.25) is 5.91 Å². The van der Waals surface area contributed by atoms with E-state index in [1.54, 1.807) is 6.92 Å². The van der Waals surface area contributed by atoms with Gasteiger partial charge in [0.15, 0.2) is 0 Å². The van der Waals surface area contributed by atoms with Gasteiger partial charge in [0.25, 0.3) is 0 Å². The smallest absolute Gasteiger partial charge is 0.220 e. The van der Waals surface area contributed by atoms with Gasteiger partial charge in [-0.2, -0.15) is 0 Å². The monoisotopic (exact) mass is 251 g/mol. The van der Waals surface area contributed by atoms with E-state index >= 15 is 0 Å². The van der Waals surface area contributed by atoms with Crippen molar-refractivity contribution >= 4 is 5.91 Å². The van der Waals surface area contributed by atoms with Crippen molar-refractivity contribution in [2.45, 2.75) is 32.7 Å². The summed E-state index contributed by atoms with van der Waals surface area (Å²) in [5.41, 5.74) is 1.09. The summed E-state index contributed by atoms with van der Waals surface area (Å²) in [6.07, 6.45) is 1.08. The highest BCUT2D eigenvalue weighted by molar-refractivity contribution is 5.76. The fourth-order valence-electron chi connectivity index (χ4n) is 1.53. The number of amides is 1. The van der Waals surface area contributed by atoms with Crippen molar-refractivity contribution < 1.29 is 14.6 Å². The first-order valence-electron chi connectivity index (χ1n) is 6.22. The van der Waals surface area contributed by atoms with Gasteiger partial charge in [-0.15, -0.1) is 0 Å². The van der Waals surface area contributed by atoms with Crippen LogP contribution in [-0.2, 0) is 4.79 Å². The normalized spacial score (nSPS) is 11.9. The fourth-order valence-corrected chi connectivity index (χ4v) is 1.53. The molecule has 100 valence electrons. The maximum Gasteiger partial charge on any atom is 0.220 e. The van der Waals surface area contributed by atoms with Crippen LogP contribution < -0.4 is 10.1 Å². The van der Waals surface area contributed by atoms with Crippen LogP contribution in [0.4, 0.5) is 0 Å². The fraction of sp³-hybridized carbons (Fsp3) is 0.500. The van der Waals surface area contributed by atoms with Crippen molar-refractivity contribution in [3.8, 4) is 5.75 Å². The summed E-state index contributed by atoms with van der Waals surface area (Å²) >= 11 is 0. The number of carbonyl (C=O) groups excluding carboxylic acids is 1. The van der Waals surface area contributed by atoms with E-state index in [0.29, 0.717) is 19.4 Å². The second-order valence-corrected chi connectivity index (χ2v) is 4.37. The third-order valence-corrected chi connectivity index (χ3v) is 2.58. The summed E-state index contributed by atoms with van der Waals surface area (Å²) in [6, 6.07) is 7.62. The van der Waals surface area contributed by atoms with Crippen LogP contribution in [0.25, 0.3) is 0 Å². The lowest BCUT2D eigenvalue weighted by Crippen LogP contribution is -2.34. The molecule has 4 heteroatoms. The molecule has 0 aromatic heterocycles. The lowest BCUT2D eigenvalue weighted by atomic mass is 10.2. The Labute approximate surface area is 108 Å². The minimum absolute atomic E-state index is 0.0363. The molecule has 4 nitrogen and oxygen atoms in total. The molecule has 0 spiro atoms. The third-order valence-electron chi connectivity index (χ3n) is 2.58. The number of rotatable bonds is 7. The van der Waals surface area contributed by atoms with Crippen molar-refractivity contribution in [3.05, 3.63) is 29.8 Å². The van der Waals surface area contributed by atoms with Crippen molar-refractivity contribution in [2.24, 2.45) is 0 Å². The van der Waals surface area contributed by atoms with Crippen LogP contribution in [-0.4, -0.2) is 30.3 Å². The Morgan fingerprint density at radius 1 is 1.44 bits per heavy atom. The summed E-state index contributed by atoms with van der Waals surface area (Å²) in [5.74, 6) is 0.812. The lowest BCUT2D eigenvalue weighted by molar-refractivity contribution is -0.122. The van der Waals surface area contributed by atoms with E-state index in [-0.39, 0.29) is 18.6 Å². The van der Waals surface area contributed by atoms with Crippen LogP contribution in [0.3, 0.4) is 0 Å². The second kappa shape index (κ2) is 7.71. The van der Waals surface area contributed by atoms with Crippen LogP contribution >= 0.6 is 0 Å². The molecular weight excluding hydrogens is 230 g/mol. The molecule has 1 atom stereocenters. The molecule has 0 aliphatic carbocycles. The number of aliphatic hydroxyl groups is 1. The van der Waals surface area contributed by atoms with E-state index in [2.05, 4.69) is 5.32 Å². The number of aliphatic hydroxyl groups excluding tert-OH is 1. The van der Waals surface area contributed by atoms with Crippen molar-refractivity contribution in [3.63, 3.8) is 0 Å². The Kier molecular flexibility index (Phi) is 6.22. The molecule has 0 bridgehead atoms. The van der Waals surface area contributed by atoms with Gasteiger partial charge < -0.3 is 15.2 Å².